The summed E-state index contributed by atoms with van der Waals surface area (Å²) < 4.78 is 5.24. The molecule has 0 spiro atoms. The first kappa shape index (κ1) is 13.5. The van der Waals surface area contributed by atoms with E-state index in [1.165, 1.54) is 4.90 Å². The topological polar surface area (TPSA) is 70.4 Å². The van der Waals surface area contributed by atoms with E-state index in [2.05, 4.69) is 0 Å². The van der Waals surface area contributed by atoms with Crippen LogP contribution in [0.3, 0.4) is 0 Å². The second-order valence-corrected chi connectivity index (χ2v) is 5.33. The highest BCUT2D eigenvalue weighted by Gasteiger charge is 2.36. The van der Waals surface area contributed by atoms with E-state index < -0.39 is 17.6 Å². The van der Waals surface area contributed by atoms with Gasteiger partial charge in [0, 0.05) is 19.0 Å². The number of nitriles is 1. The van der Waals surface area contributed by atoms with Gasteiger partial charge >= 0.3 is 6.09 Å². The van der Waals surface area contributed by atoms with Crippen molar-refractivity contribution in [1.82, 2.24) is 4.90 Å². The number of likely N-dealkylation sites (tertiary alicyclic amines) is 1. The number of Topliss-reactive ketones (excluding diaryl/α,β-unsaturated/α-hetero) is 1. The van der Waals surface area contributed by atoms with Crippen LogP contribution in [0.2, 0.25) is 0 Å². The summed E-state index contributed by atoms with van der Waals surface area (Å²) in [6.07, 6.45) is -0.241. The zero-order valence-corrected chi connectivity index (χ0v) is 10.7. The van der Waals surface area contributed by atoms with Crippen molar-refractivity contribution in [3.05, 3.63) is 0 Å². The van der Waals surface area contributed by atoms with Crippen LogP contribution in [0, 0.1) is 17.2 Å². The van der Waals surface area contributed by atoms with Crippen LogP contribution >= 0.6 is 0 Å². The van der Waals surface area contributed by atoms with Crippen molar-refractivity contribution >= 4 is 11.9 Å². The van der Waals surface area contributed by atoms with Crippen molar-refractivity contribution in [2.75, 3.05) is 6.54 Å². The van der Waals surface area contributed by atoms with Crippen molar-refractivity contribution in [2.45, 2.75) is 45.8 Å². The predicted octanol–water partition coefficient (Wildman–Crippen LogP) is 1.72. The summed E-state index contributed by atoms with van der Waals surface area (Å²) in [5.74, 6) is -0.821. The molecule has 0 N–H and O–H groups in total. The zero-order chi connectivity index (χ0) is 13.2. The first-order valence-corrected chi connectivity index (χ1v) is 5.66. The summed E-state index contributed by atoms with van der Waals surface area (Å²) in [6.45, 7) is 7.27. The number of ether oxygens (including phenoxy) is 1. The molecule has 0 aromatic carbocycles. The molecule has 1 aliphatic heterocycles. The molecule has 0 saturated carbocycles. The Morgan fingerprint density at radius 3 is 2.59 bits per heavy atom. The van der Waals surface area contributed by atoms with Crippen LogP contribution in [0.15, 0.2) is 0 Å². The zero-order valence-electron chi connectivity index (χ0n) is 10.7. The molecule has 0 aromatic rings. The first-order chi connectivity index (χ1) is 7.74. The number of rotatable bonds is 0. The van der Waals surface area contributed by atoms with Crippen LogP contribution in [0.4, 0.5) is 4.79 Å². The van der Waals surface area contributed by atoms with Crippen molar-refractivity contribution in [2.24, 2.45) is 5.92 Å². The fraction of sp³-hybridized carbons (Fsp3) is 0.750. The monoisotopic (exact) mass is 238 g/mol. The number of carbonyl (C=O) groups is 2. The fourth-order valence-corrected chi connectivity index (χ4v) is 1.71. The van der Waals surface area contributed by atoms with Gasteiger partial charge in [0.15, 0.2) is 5.78 Å². The standard InChI is InChI=1S/C12H18N2O3/c1-8-5-10(15)9(6-13)7-14(8)11(16)17-12(2,3)4/h8-9H,5,7H2,1-4H3. The lowest BCUT2D eigenvalue weighted by Crippen LogP contribution is -2.50. The molecule has 2 atom stereocenters. The molecule has 0 aliphatic carbocycles. The van der Waals surface area contributed by atoms with E-state index in [1.54, 1.807) is 27.7 Å². The SMILES string of the molecule is CC1CC(=O)C(C#N)CN1C(=O)OC(C)(C)C. The van der Waals surface area contributed by atoms with E-state index in [9.17, 15) is 9.59 Å². The average Bonchev–Trinajstić information content (AvgIpc) is 2.14. The molecule has 1 saturated heterocycles. The van der Waals surface area contributed by atoms with Gasteiger partial charge in [0.2, 0.25) is 0 Å². The minimum atomic E-state index is -0.723. The van der Waals surface area contributed by atoms with E-state index in [0.29, 0.717) is 0 Å². The second kappa shape index (κ2) is 4.74. The number of nitrogens with zero attached hydrogens (tertiary/aromatic N) is 2. The molecule has 5 nitrogen and oxygen atoms in total. The van der Waals surface area contributed by atoms with E-state index in [1.807, 2.05) is 6.07 Å². The molecule has 1 heterocycles. The van der Waals surface area contributed by atoms with Gasteiger partial charge in [-0.1, -0.05) is 0 Å². The Kier molecular flexibility index (Phi) is 3.76. The van der Waals surface area contributed by atoms with Gasteiger partial charge in [-0.25, -0.2) is 4.79 Å². The van der Waals surface area contributed by atoms with Crippen molar-refractivity contribution < 1.29 is 14.3 Å². The summed E-state index contributed by atoms with van der Waals surface area (Å²) in [5, 5.41) is 8.83. The fourth-order valence-electron chi connectivity index (χ4n) is 1.71. The van der Waals surface area contributed by atoms with Crippen molar-refractivity contribution in [3.63, 3.8) is 0 Å². The molecule has 1 rings (SSSR count). The van der Waals surface area contributed by atoms with Crippen molar-refractivity contribution in [3.8, 4) is 6.07 Å². The van der Waals surface area contributed by atoms with Crippen LogP contribution in [0.5, 0.6) is 0 Å². The first-order valence-electron chi connectivity index (χ1n) is 5.66. The largest absolute Gasteiger partial charge is 0.444 e. The third kappa shape index (κ3) is 3.45. The van der Waals surface area contributed by atoms with E-state index in [0.717, 1.165) is 0 Å². The molecular weight excluding hydrogens is 220 g/mol. The number of hydrogen-bond donors (Lipinski definition) is 0. The van der Waals surface area contributed by atoms with Crippen LogP contribution in [0.25, 0.3) is 0 Å². The second-order valence-electron chi connectivity index (χ2n) is 5.33. The molecule has 94 valence electrons. The van der Waals surface area contributed by atoms with Crippen LogP contribution < -0.4 is 0 Å². The maximum atomic E-state index is 11.9. The predicted molar refractivity (Wildman–Crippen MR) is 61.1 cm³/mol. The summed E-state index contributed by atoms with van der Waals surface area (Å²) in [5.41, 5.74) is -0.569. The number of hydrogen-bond acceptors (Lipinski definition) is 4. The normalized spacial score (nSPS) is 25.4. The molecule has 0 bridgehead atoms. The lowest BCUT2D eigenvalue weighted by molar-refractivity contribution is -0.125. The van der Waals surface area contributed by atoms with Crippen LogP contribution in [-0.4, -0.2) is 35.0 Å². The molecule has 0 radical (unpaired) electrons. The minimum Gasteiger partial charge on any atom is -0.444 e. The van der Waals surface area contributed by atoms with Gasteiger partial charge in [-0.2, -0.15) is 5.26 Å². The maximum Gasteiger partial charge on any atom is 0.410 e. The highest BCUT2D eigenvalue weighted by atomic mass is 16.6. The van der Waals surface area contributed by atoms with Gasteiger partial charge in [0.1, 0.15) is 11.5 Å². The van der Waals surface area contributed by atoms with Gasteiger partial charge in [-0.05, 0) is 27.7 Å². The van der Waals surface area contributed by atoms with E-state index in [4.69, 9.17) is 10.00 Å². The molecule has 0 aromatic heterocycles. The number of piperidine rings is 1. The number of ketones is 1. The van der Waals surface area contributed by atoms with E-state index in [-0.39, 0.29) is 24.8 Å². The quantitative estimate of drug-likeness (QED) is 0.644. The Morgan fingerprint density at radius 2 is 2.12 bits per heavy atom. The molecule has 5 heteroatoms. The van der Waals surface area contributed by atoms with Gasteiger partial charge in [0.25, 0.3) is 0 Å². The average molecular weight is 238 g/mol. The lowest BCUT2D eigenvalue weighted by Gasteiger charge is -2.35. The number of carbonyl (C=O) groups excluding carboxylic acids is 2. The molecule has 1 amide bonds. The summed E-state index contributed by atoms with van der Waals surface area (Å²) in [6, 6.07) is 1.72. The molecule has 17 heavy (non-hydrogen) atoms. The summed E-state index contributed by atoms with van der Waals surface area (Å²) in [4.78, 5) is 24.8. The van der Waals surface area contributed by atoms with Gasteiger partial charge in [0.05, 0.1) is 6.07 Å². The maximum absolute atomic E-state index is 11.9. The Morgan fingerprint density at radius 1 is 1.53 bits per heavy atom. The summed E-state index contributed by atoms with van der Waals surface area (Å²) >= 11 is 0. The van der Waals surface area contributed by atoms with Gasteiger partial charge in [-0.15, -0.1) is 0 Å². The molecule has 1 fully saturated rings. The molecule has 2 unspecified atom stereocenters. The third-order valence-corrected chi connectivity index (χ3v) is 2.58. The number of amides is 1. The minimum absolute atomic E-state index is 0.0974. The van der Waals surface area contributed by atoms with Gasteiger partial charge in [-0.3, -0.25) is 4.79 Å². The lowest BCUT2D eigenvalue weighted by atomic mass is 9.93. The highest BCUT2D eigenvalue weighted by molar-refractivity contribution is 5.86. The van der Waals surface area contributed by atoms with Crippen LogP contribution in [-0.2, 0) is 9.53 Å². The smallest absolute Gasteiger partial charge is 0.410 e. The van der Waals surface area contributed by atoms with E-state index >= 15 is 0 Å². The van der Waals surface area contributed by atoms with Crippen molar-refractivity contribution in [1.29, 1.82) is 5.26 Å². The van der Waals surface area contributed by atoms with Crippen LogP contribution in [0.1, 0.15) is 34.1 Å². The Labute approximate surface area is 101 Å². The Hall–Kier alpha value is -1.57. The third-order valence-electron chi connectivity index (χ3n) is 2.58. The Balaban J connectivity index is 2.74. The van der Waals surface area contributed by atoms with Gasteiger partial charge < -0.3 is 9.64 Å². The molecular formula is C12H18N2O3. The Bertz CT molecular complexity index is 365. The molecule has 1 aliphatic rings. The highest BCUT2D eigenvalue weighted by Crippen LogP contribution is 2.21. The summed E-state index contributed by atoms with van der Waals surface area (Å²) in [7, 11) is 0.